The molecule has 0 radical (unpaired) electrons. The molecule has 2 aromatic rings. The summed E-state index contributed by atoms with van der Waals surface area (Å²) in [5.74, 6) is 1.27. The van der Waals surface area contributed by atoms with Crippen molar-refractivity contribution in [1.82, 2.24) is 10.2 Å². The van der Waals surface area contributed by atoms with Gasteiger partial charge in [0.25, 0.3) is 0 Å². The third-order valence-corrected chi connectivity index (χ3v) is 5.16. The van der Waals surface area contributed by atoms with Crippen molar-refractivity contribution in [2.75, 3.05) is 30.4 Å². The maximum Gasteiger partial charge on any atom is 0.227 e. The van der Waals surface area contributed by atoms with Crippen LogP contribution in [-0.4, -0.2) is 36.3 Å². The Balaban J connectivity index is 1.62. The second-order valence-electron chi connectivity index (χ2n) is 6.27. The summed E-state index contributed by atoms with van der Waals surface area (Å²) >= 11 is 11.9. The van der Waals surface area contributed by atoms with E-state index in [0.717, 1.165) is 37.3 Å². The first kappa shape index (κ1) is 18.7. The number of nitrogens with zero attached hydrogens (tertiary/aromatic N) is 3. The van der Waals surface area contributed by atoms with Crippen LogP contribution in [0.3, 0.4) is 0 Å². The molecule has 1 aliphatic heterocycles. The van der Waals surface area contributed by atoms with Crippen molar-refractivity contribution in [2.24, 2.45) is 5.92 Å². The lowest BCUT2D eigenvalue weighted by Gasteiger charge is -2.31. The van der Waals surface area contributed by atoms with Gasteiger partial charge in [-0.3, -0.25) is 4.79 Å². The van der Waals surface area contributed by atoms with Crippen LogP contribution in [-0.2, 0) is 4.79 Å². The summed E-state index contributed by atoms with van der Waals surface area (Å²) in [5, 5.41) is 11.9. The zero-order valence-corrected chi connectivity index (χ0v) is 16.1. The largest absolute Gasteiger partial charge is 0.495 e. The number of aryl methyl sites for hydroxylation is 1. The van der Waals surface area contributed by atoms with Gasteiger partial charge in [0.2, 0.25) is 5.91 Å². The number of hydrogen-bond donors (Lipinski definition) is 1. The van der Waals surface area contributed by atoms with E-state index in [1.165, 1.54) is 0 Å². The molecule has 3 rings (SSSR count). The van der Waals surface area contributed by atoms with Crippen molar-refractivity contribution >= 4 is 40.6 Å². The molecular weight excluding hydrogens is 375 g/mol. The average molecular weight is 395 g/mol. The molecule has 1 aromatic heterocycles. The number of hydrogen-bond acceptors (Lipinski definition) is 5. The van der Waals surface area contributed by atoms with Gasteiger partial charge in [-0.1, -0.05) is 23.2 Å². The normalized spacial score (nSPS) is 15.0. The van der Waals surface area contributed by atoms with Crippen molar-refractivity contribution in [3.05, 3.63) is 40.0 Å². The number of halogens is 2. The number of amides is 1. The molecular formula is C18H20Cl2N4O2. The number of anilines is 2. The Morgan fingerprint density at radius 3 is 2.58 bits per heavy atom. The topological polar surface area (TPSA) is 67.3 Å². The van der Waals surface area contributed by atoms with E-state index in [1.807, 2.05) is 19.1 Å². The van der Waals surface area contributed by atoms with Crippen LogP contribution in [0.15, 0.2) is 24.3 Å². The number of carbonyl (C=O) groups excluding carboxylic acids is 1. The van der Waals surface area contributed by atoms with Crippen LogP contribution in [0, 0.1) is 12.8 Å². The van der Waals surface area contributed by atoms with E-state index in [1.54, 1.807) is 19.2 Å². The summed E-state index contributed by atoms with van der Waals surface area (Å²) in [7, 11) is 1.56. The second-order valence-corrected chi connectivity index (χ2v) is 7.06. The molecule has 0 saturated carbocycles. The van der Waals surface area contributed by atoms with Crippen LogP contribution >= 0.6 is 23.2 Å². The van der Waals surface area contributed by atoms with Crippen LogP contribution in [0.5, 0.6) is 5.75 Å². The zero-order chi connectivity index (χ0) is 18.7. The maximum absolute atomic E-state index is 12.7. The molecule has 26 heavy (non-hydrogen) atoms. The lowest BCUT2D eigenvalue weighted by molar-refractivity contribution is -0.120. The van der Waals surface area contributed by atoms with Gasteiger partial charge >= 0.3 is 0 Å². The molecule has 0 unspecified atom stereocenters. The highest BCUT2D eigenvalue weighted by molar-refractivity contribution is 6.31. The predicted octanol–water partition coefficient (Wildman–Crippen LogP) is 3.96. The van der Waals surface area contributed by atoms with E-state index < -0.39 is 0 Å². The standard InChI is InChI=1S/C18H20Cl2N4O2/c1-11-9-14(15(26-2)10-13(11)19)21-18(25)12-5-7-24(8-6-12)17-4-3-16(20)22-23-17/h3-4,9-10,12H,5-8H2,1-2H3,(H,21,25). The molecule has 2 heterocycles. The Kier molecular flexibility index (Phi) is 5.84. The van der Waals surface area contributed by atoms with E-state index in [4.69, 9.17) is 27.9 Å². The van der Waals surface area contributed by atoms with Crippen molar-refractivity contribution in [3.8, 4) is 5.75 Å². The highest BCUT2D eigenvalue weighted by atomic mass is 35.5. The third-order valence-electron chi connectivity index (χ3n) is 4.55. The predicted molar refractivity (Wildman–Crippen MR) is 103 cm³/mol. The summed E-state index contributed by atoms with van der Waals surface area (Å²) in [5.41, 5.74) is 1.53. The quantitative estimate of drug-likeness (QED) is 0.849. The Hall–Kier alpha value is -2.05. The van der Waals surface area contributed by atoms with Gasteiger partial charge in [0.05, 0.1) is 12.8 Å². The molecule has 6 nitrogen and oxygen atoms in total. The number of ether oxygens (including phenoxy) is 1. The minimum atomic E-state index is -0.0628. The molecule has 1 N–H and O–H groups in total. The van der Waals surface area contributed by atoms with Gasteiger partial charge in [0.1, 0.15) is 5.75 Å². The molecule has 1 saturated heterocycles. The number of nitrogens with one attached hydrogen (secondary N) is 1. The van der Waals surface area contributed by atoms with E-state index >= 15 is 0 Å². The Labute approximate surface area is 162 Å². The van der Waals surface area contributed by atoms with Gasteiger partial charge < -0.3 is 15.0 Å². The summed E-state index contributed by atoms with van der Waals surface area (Å²) in [6.07, 6.45) is 1.48. The van der Waals surface area contributed by atoms with Gasteiger partial charge in [-0.05, 0) is 43.5 Å². The molecule has 1 aliphatic rings. The fourth-order valence-corrected chi connectivity index (χ4v) is 3.27. The lowest BCUT2D eigenvalue weighted by atomic mass is 9.95. The van der Waals surface area contributed by atoms with Crippen molar-refractivity contribution < 1.29 is 9.53 Å². The van der Waals surface area contributed by atoms with Crippen molar-refractivity contribution in [2.45, 2.75) is 19.8 Å². The minimum Gasteiger partial charge on any atom is -0.495 e. The average Bonchev–Trinajstić information content (AvgIpc) is 2.65. The number of benzene rings is 1. The molecule has 8 heteroatoms. The minimum absolute atomic E-state index is 0.00753. The first-order chi connectivity index (χ1) is 12.5. The van der Waals surface area contributed by atoms with Gasteiger partial charge in [-0.25, -0.2) is 0 Å². The summed E-state index contributed by atoms with van der Waals surface area (Å²) < 4.78 is 5.32. The van der Waals surface area contributed by atoms with Crippen LogP contribution in [0.2, 0.25) is 10.2 Å². The lowest BCUT2D eigenvalue weighted by Crippen LogP contribution is -2.38. The summed E-state index contributed by atoms with van der Waals surface area (Å²) in [6.45, 7) is 3.37. The van der Waals surface area contributed by atoms with Gasteiger partial charge in [-0.2, -0.15) is 0 Å². The molecule has 1 fully saturated rings. The Morgan fingerprint density at radius 2 is 1.96 bits per heavy atom. The number of aromatic nitrogens is 2. The van der Waals surface area contributed by atoms with E-state index in [9.17, 15) is 4.79 Å². The van der Waals surface area contributed by atoms with Crippen LogP contribution < -0.4 is 15.0 Å². The second kappa shape index (κ2) is 8.10. The monoisotopic (exact) mass is 394 g/mol. The Bertz CT molecular complexity index is 791. The summed E-state index contributed by atoms with van der Waals surface area (Å²) in [4.78, 5) is 14.8. The van der Waals surface area contributed by atoms with Gasteiger partial charge in [0.15, 0.2) is 11.0 Å². The summed E-state index contributed by atoms with van der Waals surface area (Å²) in [6, 6.07) is 7.11. The van der Waals surface area contributed by atoms with Crippen molar-refractivity contribution in [3.63, 3.8) is 0 Å². The number of methoxy groups -OCH3 is 1. The van der Waals surface area contributed by atoms with Crippen molar-refractivity contribution in [1.29, 1.82) is 0 Å². The molecule has 0 aliphatic carbocycles. The van der Waals surface area contributed by atoms with Crippen LogP contribution in [0.4, 0.5) is 11.5 Å². The van der Waals surface area contributed by atoms with E-state index in [2.05, 4.69) is 20.4 Å². The highest BCUT2D eigenvalue weighted by Crippen LogP contribution is 2.32. The van der Waals surface area contributed by atoms with E-state index in [-0.39, 0.29) is 11.8 Å². The molecule has 0 atom stereocenters. The van der Waals surface area contributed by atoms with Crippen LogP contribution in [0.1, 0.15) is 18.4 Å². The van der Waals surface area contributed by atoms with Gasteiger partial charge in [0, 0.05) is 30.1 Å². The zero-order valence-electron chi connectivity index (χ0n) is 14.6. The van der Waals surface area contributed by atoms with Crippen LogP contribution in [0.25, 0.3) is 0 Å². The number of carbonyl (C=O) groups is 1. The third kappa shape index (κ3) is 4.19. The molecule has 0 bridgehead atoms. The smallest absolute Gasteiger partial charge is 0.227 e. The maximum atomic E-state index is 12.7. The molecule has 1 amide bonds. The van der Waals surface area contributed by atoms with Gasteiger partial charge in [-0.15, -0.1) is 10.2 Å². The fraction of sp³-hybridized carbons (Fsp3) is 0.389. The Morgan fingerprint density at radius 1 is 1.23 bits per heavy atom. The fourth-order valence-electron chi connectivity index (χ4n) is 3.01. The first-order valence-electron chi connectivity index (χ1n) is 8.37. The molecule has 0 spiro atoms. The molecule has 138 valence electrons. The van der Waals surface area contributed by atoms with E-state index in [0.29, 0.717) is 21.6 Å². The molecule has 1 aromatic carbocycles. The SMILES string of the molecule is COc1cc(Cl)c(C)cc1NC(=O)C1CCN(c2ccc(Cl)nn2)CC1. The highest BCUT2D eigenvalue weighted by Gasteiger charge is 2.26. The first-order valence-corrected chi connectivity index (χ1v) is 9.12. The number of rotatable bonds is 4. The number of piperidine rings is 1.